The Hall–Kier alpha value is -3.36. The molecule has 0 fully saturated rings. The molecule has 36 heavy (non-hydrogen) atoms. The van der Waals surface area contributed by atoms with Gasteiger partial charge in [0, 0.05) is 38.9 Å². The zero-order valence-electron chi connectivity index (χ0n) is 20.7. The minimum atomic E-state index is -0.188. The summed E-state index contributed by atoms with van der Waals surface area (Å²) in [6.45, 7) is 1.85. The van der Waals surface area contributed by atoms with Gasteiger partial charge < -0.3 is 9.72 Å². The van der Waals surface area contributed by atoms with Crippen LogP contribution in [-0.2, 0) is 11.2 Å². The first kappa shape index (κ1) is 24.3. The van der Waals surface area contributed by atoms with Crippen molar-refractivity contribution in [1.82, 2.24) is 24.8 Å². The van der Waals surface area contributed by atoms with Crippen molar-refractivity contribution in [3.63, 3.8) is 0 Å². The summed E-state index contributed by atoms with van der Waals surface area (Å²) in [6.07, 6.45) is 11.1. The maximum atomic E-state index is 12.8. The number of aromatic nitrogens is 3. The number of fused-ring (bicyclic) bond motifs is 2. The van der Waals surface area contributed by atoms with Gasteiger partial charge in [0.05, 0.1) is 28.9 Å². The lowest BCUT2D eigenvalue weighted by Gasteiger charge is -2.39. The maximum absolute atomic E-state index is 12.8. The lowest BCUT2D eigenvalue weighted by molar-refractivity contribution is 0.0632. The van der Waals surface area contributed by atoms with E-state index in [4.69, 9.17) is 9.72 Å². The number of aromatic amines is 1. The lowest BCUT2D eigenvalue weighted by Crippen LogP contribution is -2.38. The van der Waals surface area contributed by atoms with Crippen LogP contribution in [0.5, 0.6) is 0 Å². The summed E-state index contributed by atoms with van der Waals surface area (Å²) >= 11 is 0. The molecule has 0 spiro atoms. The molecule has 2 aromatic heterocycles. The molecule has 2 unspecified atom stereocenters. The standard InChI is InChI=1S/C28H33N5O3/c1-36-19-13-24(26-30-15-16-31-26)32(23-12-6-8-20-9-7-14-29-25(20)23)17-4-5-18-33-27(34)21-10-2-3-11-22(21)28(33)35/h2-3,7,9-11,14-16,23-24H,4-6,8,12-13,17-19H2,1H3,(H,30,31). The maximum Gasteiger partial charge on any atom is 0.261 e. The average molecular weight is 488 g/mol. The fourth-order valence-electron chi connectivity index (χ4n) is 5.59. The number of carbonyl (C=O) groups is 2. The Bertz CT molecular complexity index is 1160. The minimum absolute atomic E-state index is 0.0530. The summed E-state index contributed by atoms with van der Waals surface area (Å²) in [6, 6.07) is 11.5. The number of imide groups is 1. The Balaban J connectivity index is 1.33. The summed E-state index contributed by atoms with van der Waals surface area (Å²) in [5.41, 5.74) is 3.48. The van der Waals surface area contributed by atoms with Crippen LogP contribution in [0.15, 0.2) is 55.0 Å². The molecular weight excluding hydrogens is 454 g/mol. The zero-order chi connectivity index (χ0) is 24.9. The zero-order valence-corrected chi connectivity index (χ0v) is 20.7. The number of aryl methyl sites for hydroxylation is 1. The number of unbranched alkanes of at least 4 members (excludes halogenated alkanes) is 1. The van der Waals surface area contributed by atoms with E-state index in [2.05, 4.69) is 20.9 Å². The van der Waals surface area contributed by atoms with Crippen molar-refractivity contribution in [2.75, 3.05) is 26.8 Å². The smallest absolute Gasteiger partial charge is 0.261 e. The summed E-state index contributed by atoms with van der Waals surface area (Å²) in [4.78, 5) is 42.1. The molecule has 0 saturated carbocycles. The summed E-state index contributed by atoms with van der Waals surface area (Å²) < 4.78 is 5.46. The molecule has 1 N–H and O–H groups in total. The van der Waals surface area contributed by atoms with Gasteiger partial charge in [0.15, 0.2) is 0 Å². The first-order chi connectivity index (χ1) is 17.7. The van der Waals surface area contributed by atoms with E-state index in [0.29, 0.717) is 24.3 Å². The van der Waals surface area contributed by atoms with Crippen LogP contribution in [0.1, 0.15) is 82.0 Å². The molecular formula is C28H33N5O3. The summed E-state index contributed by atoms with van der Waals surface area (Å²) in [5, 5.41) is 0. The Morgan fingerprint density at radius 1 is 1.08 bits per heavy atom. The Kier molecular flexibility index (Phi) is 7.53. The Morgan fingerprint density at radius 3 is 2.61 bits per heavy atom. The summed E-state index contributed by atoms with van der Waals surface area (Å²) in [7, 11) is 1.73. The Labute approximate surface area is 211 Å². The second-order valence-electron chi connectivity index (χ2n) is 9.48. The van der Waals surface area contributed by atoms with E-state index in [-0.39, 0.29) is 23.9 Å². The number of H-pyrrole nitrogens is 1. The third-order valence-electron chi connectivity index (χ3n) is 7.32. The van der Waals surface area contributed by atoms with E-state index in [9.17, 15) is 9.59 Å². The number of nitrogens with zero attached hydrogens (tertiary/aromatic N) is 4. The van der Waals surface area contributed by atoms with Crippen LogP contribution in [-0.4, -0.2) is 63.4 Å². The second kappa shape index (κ2) is 11.1. The van der Waals surface area contributed by atoms with Crippen LogP contribution in [0, 0.1) is 0 Å². The molecule has 2 atom stereocenters. The molecule has 3 heterocycles. The van der Waals surface area contributed by atoms with E-state index < -0.39 is 0 Å². The van der Waals surface area contributed by atoms with Gasteiger partial charge in [0.25, 0.3) is 11.8 Å². The highest BCUT2D eigenvalue weighted by atomic mass is 16.5. The van der Waals surface area contributed by atoms with Gasteiger partial charge in [-0.2, -0.15) is 0 Å². The molecule has 5 rings (SSSR count). The highest BCUT2D eigenvalue weighted by Crippen LogP contribution is 2.38. The summed E-state index contributed by atoms with van der Waals surface area (Å²) in [5.74, 6) is 0.549. The van der Waals surface area contributed by atoms with Gasteiger partial charge in [0.2, 0.25) is 0 Å². The normalized spacial score (nSPS) is 17.9. The van der Waals surface area contributed by atoms with E-state index in [1.165, 1.54) is 10.5 Å². The van der Waals surface area contributed by atoms with Crippen molar-refractivity contribution < 1.29 is 14.3 Å². The number of ether oxygens (including phenoxy) is 1. The third kappa shape index (κ3) is 4.83. The predicted octanol–water partition coefficient (Wildman–Crippen LogP) is 4.34. The Morgan fingerprint density at radius 2 is 1.89 bits per heavy atom. The lowest BCUT2D eigenvalue weighted by atomic mass is 9.89. The molecule has 1 aliphatic carbocycles. The van der Waals surface area contributed by atoms with Gasteiger partial charge in [0.1, 0.15) is 5.82 Å². The molecule has 8 heteroatoms. The topological polar surface area (TPSA) is 91.4 Å². The minimum Gasteiger partial charge on any atom is -0.385 e. The van der Waals surface area contributed by atoms with E-state index in [1.807, 2.05) is 18.5 Å². The molecule has 1 aromatic carbocycles. The molecule has 0 radical (unpaired) electrons. The third-order valence-corrected chi connectivity index (χ3v) is 7.32. The first-order valence-corrected chi connectivity index (χ1v) is 12.8. The van der Waals surface area contributed by atoms with Gasteiger partial charge >= 0.3 is 0 Å². The van der Waals surface area contributed by atoms with Crippen molar-refractivity contribution in [1.29, 1.82) is 0 Å². The van der Waals surface area contributed by atoms with Crippen LogP contribution in [0.2, 0.25) is 0 Å². The molecule has 0 saturated heterocycles. The number of rotatable bonds is 11. The van der Waals surface area contributed by atoms with Crippen LogP contribution in [0.4, 0.5) is 0 Å². The number of benzene rings is 1. The van der Waals surface area contributed by atoms with E-state index in [0.717, 1.165) is 56.6 Å². The molecule has 3 aromatic rings. The van der Waals surface area contributed by atoms with Crippen molar-refractivity contribution in [2.24, 2.45) is 0 Å². The SMILES string of the molecule is COCCC(c1ncc[nH]1)N(CCCCN1C(=O)c2ccccc2C1=O)C1CCCc2cccnc21. The number of pyridine rings is 1. The highest BCUT2D eigenvalue weighted by Gasteiger charge is 2.36. The van der Waals surface area contributed by atoms with Gasteiger partial charge in [-0.1, -0.05) is 18.2 Å². The molecule has 2 amide bonds. The molecule has 0 bridgehead atoms. The van der Waals surface area contributed by atoms with Crippen LogP contribution in [0.25, 0.3) is 0 Å². The monoisotopic (exact) mass is 487 g/mol. The first-order valence-electron chi connectivity index (χ1n) is 12.8. The van der Waals surface area contributed by atoms with Crippen molar-refractivity contribution >= 4 is 11.8 Å². The predicted molar refractivity (Wildman–Crippen MR) is 135 cm³/mol. The fraction of sp³-hybridized carbons (Fsp3) is 0.429. The number of carbonyl (C=O) groups excluding carboxylic acids is 2. The van der Waals surface area contributed by atoms with E-state index >= 15 is 0 Å². The molecule has 1 aliphatic heterocycles. The van der Waals surface area contributed by atoms with Crippen molar-refractivity contribution in [3.8, 4) is 0 Å². The van der Waals surface area contributed by atoms with Gasteiger partial charge in [-0.05, 0) is 68.8 Å². The number of methoxy groups -OCH3 is 1. The van der Waals surface area contributed by atoms with Crippen LogP contribution in [0.3, 0.4) is 0 Å². The quantitative estimate of drug-likeness (QED) is 0.320. The number of hydrogen-bond acceptors (Lipinski definition) is 6. The van der Waals surface area contributed by atoms with Gasteiger partial charge in [-0.15, -0.1) is 0 Å². The highest BCUT2D eigenvalue weighted by molar-refractivity contribution is 6.21. The van der Waals surface area contributed by atoms with Crippen LogP contribution >= 0.6 is 0 Å². The van der Waals surface area contributed by atoms with Crippen LogP contribution < -0.4 is 0 Å². The van der Waals surface area contributed by atoms with E-state index in [1.54, 1.807) is 37.6 Å². The van der Waals surface area contributed by atoms with Crippen molar-refractivity contribution in [3.05, 3.63) is 83.2 Å². The molecule has 188 valence electrons. The van der Waals surface area contributed by atoms with Gasteiger partial charge in [-0.25, -0.2) is 4.98 Å². The fourth-order valence-corrected chi connectivity index (χ4v) is 5.59. The molecule has 8 nitrogen and oxygen atoms in total. The average Bonchev–Trinajstić information content (AvgIpc) is 3.53. The van der Waals surface area contributed by atoms with Crippen molar-refractivity contribution in [2.45, 2.75) is 50.6 Å². The van der Waals surface area contributed by atoms with Gasteiger partial charge in [-0.3, -0.25) is 24.4 Å². The number of nitrogens with one attached hydrogen (secondary N) is 1. The number of hydrogen-bond donors (Lipinski definition) is 1. The number of imidazole rings is 1. The largest absolute Gasteiger partial charge is 0.385 e. The number of amides is 2. The second-order valence-corrected chi connectivity index (χ2v) is 9.48. The molecule has 2 aliphatic rings.